The molecule has 0 aliphatic carbocycles. The smallest absolute Gasteiger partial charge is 0.165 e. The van der Waals surface area contributed by atoms with Crippen molar-refractivity contribution < 1.29 is 4.74 Å². The van der Waals surface area contributed by atoms with Crippen LogP contribution in [-0.4, -0.2) is 32.2 Å². The van der Waals surface area contributed by atoms with Crippen molar-refractivity contribution in [3.05, 3.63) is 42.0 Å². The maximum Gasteiger partial charge on any atom is 0.165 e. The molecule has 0 spiro atoms. The van der Waals surface area contributed by atoms with Gasteiger partial charge in [-0.05, 0) is 30.5 Å². The van der Waals surface area contributed by atoms with Gasteiger partial charge in [-0.1, -0.05) is 12.1 Å². The first-order valence-corrected chi connectivity index (χ1v) is 7.84. The quantitative estimate of drug-likeness (QED) is 0.801. The van der Waals surface area contributed by atoms with Crippen LogP contribution in [0, 0.1) is 0 Å². The van der Waals surface area contributed by atoms with Crippen LogP contribution in [0.3, 0.4) is 0 Å². The van der Waals surface area contributed by atoms with Gasteiger partial charge in [0.05, 0.1) is 12.9 Å². The number of benzene rings is 1. The van der Waals surface area contributed by atoms with E-state index in [0.29, 0.717) is 0 Å². The molecule has 6 nitrogen and oxygen atoms in total. The fourth-order valence-electron chi connectivity index (χ4n) is 3.06. The second-order valence-electron chi connectivity index (χ2n) is 6.04. The summed E-state index contributed by atoms with van der Waals surface area (Å²) in [6.45, 7) is 2.95. The Balaban J connectivity index is 1.52. The lowest BCUT2D eigenvalue weighted by molar-refractivity contribution is 0.357. The Morgan fingerprint density at radius 2 is 2.22 bits per heavy atom. The highest BCUT2D eigenvalue weighted by Gasteiger charge is 2.14. The van der Waals surface area contributed by atoms with Gasteiger partial charge in [0.15, 0.2) is 11.5 Å². The molecule has 0 amide bonds. The van der Waals surface area contributed by atoms with E-state index in [9.17, 15) is 0 Å². The Morgan fingerprint density at radius 3 is 3.13 bits per heavy atom. The van der Waals surface area contributed by atoms with Gasteiger partial charge in [0.2, 0.25) is 0 Å². The van der Waals surface area contributed by atoms with Crippen molar-refractivity contribution in [2.24, 2.45) is 7.05 Å². The van der Waals surface area contributed by atoms with E-state index in [1.807, 2.05) is 11.6 Å². The van der Waals surface area contributed by atoms with Crippen LogP contribution in [0.2, 0.25) is 0 Å². The molecule has 1 aliphatic heterocycles. The number of aromatic nitrogens is 4. The number of hydrogen-bond donors (Lipinski definition) is 1. The Hall–Kier alpha value is -2.63. The number of imidazole rings is 1. The molecule has 2 aromatic heterocycles. The van der Waals surface area contributed by atoms with Gasteiger partial charge >= 0.3 is 0 Å². The zero-order chi connectivity index (χ0) is 15.8. The van der Waals surface area contributed by atoms with Crippen LogP contribution in [0.5, 0.6) is 5.75 Å². The molecule has 3 heterocycles. The first kappa shape index (κ1) is 14.0. The minimum atomic E-state index is 0.246. The van der Waals surface area contributed by atoms with Gasteiger partial charge < -0.3 is 14.6 Å². The molecular formula is C17H19N5O. The standard InChI is InChI=1S/C17H19N5O/c1-11(7-12-3-4-14-13(8-12)5-6-23-14)21-16-15-17(19-9-18-16)22(2)10-20-15/h3-4,8-11H,5-7H2,1-2H3,(H,18,19,21). The van der Waals surface area contributed by atoms with Crippen molar-refractivity contribution in [3.8, 4) is 5.75 Å². The molecular weight excluding hydrogens is 290 g/mol. The van der Waals surface area contributed by atoms with E-state index in [0.717, 1.165) is 42.2 Å². The molecule has 0 radical (unpaired) electrons. The molecule has 1 atom stereocenters. The number of ether oxygens (including phenoxy) is 1. The molecule has 1 aliphatic rings. The minimum Gasteiger partial charge on any atom is -0.493 e. The summed E-state index contributed by atoms with van der Waals surface area (Å²) in [5, 5.41) is 3.46. The highest BCUT2D eigenvalue weighted by molar-refractivity contribution is 5.82. The number of anilines is 1. The zero-order valence-corrected chi connectivity index (χ0v) is 13.3. The Kier molecular flexibility index (Phi) is 3.37. The van der Waals surface area contributed by atoms with Crippen LogP contribution in [0.4, 0.5) is 5.82 Å². The summed E-state index contributed by atoms with van der Waals surface area (Å²) in [5.41, 5.74) is 4.26. The summed E-state index contributed by atoms with van der Waals surface area (Å²) in [4.78, 5) is 13.0. The maximum atomic E-state index is 5.56. The third kappa shape index (κ3) is 2.60. The average molecular weight is 309 g/mol. The normalized spacial score (nSPS) is 14.5. The largest absolute Gasteiger partial charge is 0.493 e. The molecule has 1 N–H and O–H groups in total. The lowest BCUT2D eigenvalue weighted by atomic mass is 10.0. The number of nitrogens with one attached hydrogen (secondary N) is 1. The average Bonchev–Trinajstić information content (AvgIpc) is 3.14. The molecule has 1 unspecified atom stereocenters. The molecule has 0 fully saturated rings. The second kappa shape index (κ2) is 5.53. The Bertz CT molecular complexity index is 857. The monoisotopic (exact) mass is 309 g/mol. The number of hydrogen-bond acceptors (Lipinski definition) is 5. The zero-order valence-electron chi connectivity index (χ0n) is 13.3. The fraction of sp³-hybridized carbons (Fsp3) is 0.353. The van der Waals surface area contributed by atoms with Gasteiger partial charge in [-0.25, -0.2) is 15.0 Å². The van der Waals surface area contributed by atoms with E-state index in [2.05, 4.69) is 45.4 Å². The molecule has 23 heavy (non-hydrogen) atoms. The summed E-state index contributed by atoms with van der Waals surface area (Å²) < 4.78 is 7.46. The van der Waals surface area contributed by atoms with Gasteiger partial charge in [0.1, 0.15) is 17.6 Å². The van der Waals surface area contributed by atoms with Gasteiger partial charge in [0, 0.05) is 19.5 Å². The fourth-order valence-corrected chi connectivity index (χ4v) is 3.06. The molecule has 118 valence electrons. The van der Waals surface area contributed by atoms with E-state index < -0.39 is 0 Å². The lowest BCUT2D eigenvalue weighted by Crippen LogP contribution is -2.19. The Morgan fingerprint density at radius 1 is 1.30 bits per heavy atom. The van der Waals surface area contributed by atoms with E-state index in [1.54, 1.807) is 12.7 Å². The molecule has 4 rings (SSSR count). The van der Waals surface area contributed by atoms with Crippen molar-refractivity contribution >= 4 is 17.0 Å². The number of aryl methyl sites for hydroxylation is 1. The van der Waals surface area contributed by atoms with Crippen molar-refractivity contribution in [3.63, 3.8) is 0 Å². The molecule has 0 saturated carbocycles. The SMILES string of the molecule is CC(Cc1ccc2c(c1)CCO2)Nc1ncnc2c1ncn2C. The third-order valence-electron chi connectivity index (χ3n) is 4.18. The summed E-state index contributed by atoms with van der Waals surface area (Å²) in [5.74, 6) is 1.81. The van der Waals surface area contributed by atoms with E-state index in [1.165, 1.54) is 11.1 Å². The molecule has 1 aromatic carbocycles. The van der Waals surface area contributed by atoms with Gasteiger partial charge in [-0.3, -0.25) is 0 Å². The summed E-state index contributed by atoms with van der Waals surface area (Å²) in [7, 11) is 1.93. The predicted molar refractivity (Wildman–Crippen MR) is 88.7 cm³/mol. The van der Waals surface area contributed by atoms with E-state index >= 15 is 0 Å². The van der Waals surface area contributed by atoms with Crippen LogP contribution in [0.25, 0.3) is 11.2 Å². The summed E-state index contributed by atoms with van der Waals surface area (Å²) in [6, 6.07) is 6.71. The van der Waals surface area contributed by atoms with Crippen LogP contribution >= 0.6 is 0 Å². The van der Waals surface area contributed by atoms with Crippen LogP contribution in [0.1, 0.15) is 18.1 Å². The van der Waals surface area contributed by atoms with Crippen molar-refractivity contribution in [2.45, 2.75) is 25.8 Å². The summed E-state index contributed by atoms with van der Waals surface area (Å²) >= 11 is 0. The third-order valence-corrected chi connectivity index (χ3v) is 4.18. The van der Waals surface area contributed by atoms with Gasteiger partial charge in [-0.2, -0.15) is 0 Å². The van der Waals surface area contributed by atoms with Crippen LogP contribution in [0.15, 0.2) is 30.9 Å². The van der Waals surface area contributed by atoms with Crippen molar-refractivity contribution in [1.82, 2.24) is 19.5 Å². The second-order valence-corrected chi connectivity index (χ2v) is 6.04. The highest BCUT2D eigenvalue weighted by Crippen LogP contribution is 2.26. The number of fused-ring (bicyclic) bond motifs is 2. The van der Waals surface area contributed by atoms with Crippen molar-refractivity contribution in [1.29, 1.82) is 0 Å². The van der Waals surface area contributed by atoms with Crippen LogP contribution in [-0.2, 0) is 19.9 Å². The highest BCUT2D eigenvalue weighted by atomic mass is 16.5. The number of rotatable bonds is 4. The molecule has 6 heteroatoms. The molecule has 3 aromatic rings. The Labute approximate surface area is 134 Å². The first-order chi connectivity index (χ1) is 11.2. The maximum absolute atomic E-state index is 5.56. The predicted octanol–water partition coefficient (Wildman–Crippen LogP) is 2.34. The van der Waals surface area contributed by atoms with Gasteiger partial charge in [0.25, 0.3) is 0 Å². The van der Waals surface area contributed by atoms with Crippen LogP contribution < -0.4 is 10.1 Å². The molecule has 0 saturated heterocycles. The van der Waals surface area contributed by atoms with E-state index in [-0.39, 0.29) is 6.04 Å². The minimum absolute atomic E-state index is 0.246. The topological polar surface area (TPSA) is 64.9 Å². The molecule has 0 bridgehead atoms. The summed E-state index contributed by atoms with van der Waals surface area (Å²) in [6.07, 6.45) is 5.26. The van der Waals surface area contributed by atoms with Crippen molar-refractivity contribution in [2.75, 3.05) is 11.9 Å². The lowest BCUT2D eigenvalue weighted by Gasteiger charge is -2.15. The number of nitrogens with zero attached hydrogens (tertiary/aromatic N) is 4. The first-order valence-electron chi connectivity index (χ1n) is 7.84. The van der Waals surface area contributed by atoms with E-state index in [4.69, 9.17) is 4.74 Å². The van der Waals surface area contributed by atoms with Gasteiger partial charge in [-0.15, -0.1) is 0 Å².